The van der Waals surface area contributed by atoms with Crippen molar-refractivity contribution in [3.05, 3.63) is 35.4 Å². The van der Waals surface area contributed by atoms with E-state index in [9.17, 15) is 4.79 Å². The Morgan fingerprint density at radius 2 is 1.89 bits per heavy atom. The summed E-state index contributed by atoms with van der Waals surface area (Å²) in [5.41, 5.74) is 2.90. The van der Waals surface area contributed by atoms with Crippen LogP contribution in [0.2, 0.25) is 0 Å². The van der Waals surface area contributed by atoms with E-state index >= 15 is 0 Å². The smallest absolute Gasteiger partial charge is 0.304 e. The molecule has 3 heteroatoms. The van der Waals surface area contributed by atoms with Crippen molar-refractivity contribution in [2.75, 3.05) is 6.54 Å². The van der Waals surface area contributed by atoms with Crippen LogP contribution in [-0.4, -0.2) is 34.6 Å². The van der Waals surface area contributed by atoms with Crippen molar-refractivity contribution < 1.29 is 9.90 Å². The van der Waals surface area contributed by atoms with Gasteiger partial charge in [0, 0.05) is 12.1 Å². The van der Waals surface area contributed by atoms with Crippen molar-refractivity contribution in [1.29, 1.82) is 0 Å². The molecule has 0 aromatic heterocycles. The molecule has 1 aromatic rings. The number of hydrogen-bond acceptors (Lipinski definition) is 2. The normalized spacial score (nSPS) is 24.3. The van der Waals surface area contributed by atoms with Gasteiger partial charge < -0.3 is 5.11 Å². The number of hydrogen-bond donors (Lipinski definition) is 1. The maximum Gasteiger partial charge on any atom is 0.304 e. The Labute approximate surface area is 114 Å². The van der Waals surface area contributed by atoms with E-state index in [1.54, 1.807) is 0 Å². The second-order valence-corrected chi connectivity index (χ2v) is 5.82. The third kappa shape index (κ3) is 2.66. The largest absolute Gasteiger partial charge is 0.481 e. The van der Waals surface area contributed by atoms with Gasteiger partial charge in [0.15, 0.2) is 0 Å². The molecule has 0 saturated carbocycles. The van der Waals surface area contributed by atoms with Crippen molar-refractivity contribution in [3.8, 4) is 0 Å². The molecule has 19 heavy (non-hydrogen) atoms. The molecule has 2 aliphatic rings. The summed E-state index contributed by atoms with van der Waals surface area (Å²) in [7, 11) is 0. The van der Waals surface area contributed by atoms with E-state index in [4.69, 9.17) is 5.11 Å². The minimum Gasteiger partial charge on any atom is -0.481 e. The fourth-order valence-corrected chi connectivity index (χ4v) is 3.69. The van der Waals surface area contributed by atoms with Crippen molar-refractivity contribution in [2.45, 2.75) is 50.6 Å². The number of carboxylic acids is 1. The van der Waals surface area contributed by atoms with Crippen LogP contribution in [0.5, 0.6) is 0 Å². The van der Waals surface area contributed by atoms with Gasteiger partial charge in [0.1, 0.15) is 0 Å². The number of piperidine rings is 1. The SMILES string of the molecule is O=C(O)CC1CCCCN1C1Cc2ccccc2C1. The van der Waals surface area contributed by atoms with E-state index in [0.717, 1.165) is 25.8 Å². The van der Waals surface area contributed by atoms with Gasteiger partial charge in [-0.05, 0) is 43.4 Å². The molecule has 1 heterocycles. The minimum absolute atomic E-state index is 0.241. The van der Waals surface area contributed by atoms with Crippen LogP contribution in [0, 0.1) is 0 Å². The van der Waals surface area contributed by atoms with E-state index in [1.807, 2.05) is 0 Å². The highest BCUT2D eigenvalue weighted by atomic mass is 16.4. The fraction of sp³-hybridized carbons (Fsp3) is 0.562. The summed E-state index contributed by atoms with van der Waals surface area (Å²) in [6, 6.07) is 9.39. The van der Waals surface area contributed by atoms with Crippen molar-refractivity contribution in [1.82, 2.24) is 4.90 Å². The molecule has 1 saturated heterocycles. The van der Waals surface area contributed by atoms with Crippen LogP contribution in [-0.2, 0) is 17.6 Å². The zero-order valence-corrected chi connectivity index (χ0v) is 11.2. The zero-order valence-electron chi connectivity index (χ0n) is 11.2. The molecule has 1 aliphatic heterocycles. The summed E-state index contributed by atoms with van der Waals surface area (Å²) in [6.07, 6.45) is 5.90. The summed E-state index contributed by atoms with van der Waals surface area (Å²) < 4.78 is 0. The number of rotatable bonds is 3. The lowest BCUT2D eigenvalue weighted by Gasteiger charge is -2.39. The monoisotopic (exact) mass is 259 g/mol. The molecular weight excluding hydrogens is 238 g/mol. The van der Waals surface area contributed by atoms with Crippen molar-refractivity contribution >= 4 is 5.97 Å². The van der Waals surface area contributed by atoms with Crippen LogP contribution in [0.4, 0.5) is 0 Å². The Balaban J connectivity index is 1.73. The molecule has 0 spiro atoms. The number of fused-ring (bicyclic) bond motifs is 1. The first-order chi connectivity index (χ1) is 9.24. The first kappa shape index (κ1) is 12.7. The summed E-state index contributed by atoms with van der Waals surface area (Å²) in [4.78, 5) is 13.5. The molecule has 3 nitrogen and oxygen atoms in total. The average molecular weight is 259 g/mol. The van der Waals surface area contributed by atoms with Crippen molar-refractivity contribution in [2.24, 2.45) is 0 Å². The second kappa shape index (κ2) is 5.33. The van der Waals surface area contributed by atoms with Crippen LogP contribution in [0.1, 0.15) is 36.8 Å². The van der Waals surface area contributed by atoms with E-state index in [-0.39, 0.29) is 6.04 Å². The molecule has 1 unspecified atom stereocenters. The summed E-state index contributed by atoms with van der Waals surface area (Å²) in [6.45, 7) is 1.07. The third-order valence-corrected chi connectivity index (χ3v) is 4.58. The number of benzene rings is 1. The van der Waals surface area contributed by atoms with Gasteiger partial charge in [0.2, 0.25) is 0 Å². The lowest BCUT2D eigenvalue weighted by Crippen LogP contribution is -2.47. The summed E-state index contributed by atoms with van der Waals surface area (Å²) >= 11 is 0. The van der Waals surface area contributed by atoms with Crippen molar-refractivity contribution in [3.63, 3.8) is 0 Å². The molecule has 1 fully saturated rings. The van der Waals surface area contributed by atoms with Gasteiger partial charge in [-0.25, -0.2) is 0 Å². The van der Waals surface area contributed by atoms with Gasteiger partial charge in [0.25, 0.3) is 0 Å². The van der Waals surface area contributed by atoms with Crippen LogP contribution in [0.15, 0.2) is 24.3 Å². The maximum absolute atomic E-state index is 11.0. The molecule has 1 atom stereocenters. The topological polar surface area (TPSA) is 40.5 Å². The summed E-state index contributed by atoms with van der Waals surface area (Å²) in [5.74, 6) is -0.660. The highest BCUT2D eigenvalue weighted by molar-refractivity contribution is 5.67. The van der Waals surface area contributed by atoms with E-state index < -0.39 is 5.97 Å². The Hall–Kier alpha value is -1.35. The number of likely N-dealkylation sites (tertiary alicyclic amines) is 1. The Kier molecular flexibility index (Phi) is 3.56. The molecule has 3 rings (SSSR count). The lowest BCUT2D eigenvalue weighted by atomic mass is 9.96. The quantitative estimate of drug-likeness (QED) is 0.906. The van der Waals surface area contributed by atoms with Gasteiger partial charge in [-0.2, -0.15) is 0 Å². The molecule has 0 amide bonds. The first-order valence-electron chi connectivity index (χ1n) is 7.28. The summed E-state index contributed by atoms with van der Waals surface area (Å²) in [5, 5.41) is 9.07. The Morgan fingerprint density at radius 1 is 1.21 bits per heavy atom. The third-order valence-electron chi connectivity index (χ3n) is 4.58. The van der Waals surface area contributed by atoms with E-state index in [2.05, 4.69) is 29.2 Å². The number of carboxylic acid groups (broad SMARTS) is 1. The molecule has 0 radical (unpaired) electrons. The maximum atomic E-state index is 11.0. The predicted octanol–water partition coefficient (Wildman–Crippen LogP) is 2.48. The average Bonchev–Trinajstić information content (AvgIpc) is 2.82. The Bertz CT molecular complexity index is 447. The lowest BCUT2D eigenvalue weighted by molar-refractivity contribution is -0.139. The molecule has 0 bridgehead atoms. The standard InChI is InChI=1S/C16H21NO2/c18-16(19)11-14-7-3-4-8-17(14)15-9-12-5-1-2-6-13(12)10-15/h1-2,5-6,14-15H,3-4,7-11H2,(H,18,19). The minimum atomic E-state index is -0.660. The number of nitrogens with zero attached hydrogens (tertiary/aromatic N) is 1. The van der Waals surface area contributed by atoms with Crippen LogP contribution in [0.25, 0.3) is 0 Å². The number of carbonyl (C=O) groups is 1. The zero-order chi connectivity index (χ0) is 13.2. The van der Waals surface area contributed by atoms with Gasteiger partial charge in [-0.15, -0.1) is 0 Å². The highest BCUT2D eigenvalue weighted by Gasteiger charge is 2.33. The molecule has 1 N–H and O–H groups in total. The second-order valence-electron chi connectivity index (χ2n) is 5.82. The molecular formula is C16H21NO2. The number of aliphatic carboxylic acids is 1. The van der Waals surface area contributed by atoms with Crippen LogP contribution in [0.3, 0.4) is 0 Å². The van der Waals surface area contributed by atoms with Gasteiger partial charge >= 0.3 is 5.97 Å². The fourth-order valence-electron chi connectivity index (χ4n) is 3.69. The van der Waals surface area contributed by atoms with E-state index in [1.165, 1.54) is 24.0 Å². The Morgan fingerprint density at radius 3 is 2.53 bits per heavy atom. The first-order valence-corrected chi connectivity index (χ1v) is 7.28. The van der Waals surface area contributed by atoms with Crippen LogP contribution >= 0.6 is 0 Å². The molecule has 1 aromatic carbocycles. The molecule has 102 valence electrons. The van der Waals surface area contributed by atoms with E-state index in [0.29, 0.717) is 12.5 Å². The van der Waals surface area contributed by atoms with Gasteiger partial charge in [0.05, 0.1) is 6.42 Å². The predicted molar refractivity (Wildman–Crippen MR) is 74.2 cm³/mol. The van der Waals surface area contributed by atoms with Gasteiger partial charge in [-0.1, -0.05) is 30.7 Å². The van der Waals surface area contributed by atoms with Gasteiger partial charge in [-0.3, -0.25) is 9.69 Å². The van der Waals surface area contributed by atoms with Crippen LogP contribution < -0.4 is 0 Å². The highest BCUT2D eigenvalue weighted by Crippen LogP contribution is 2.30. The molecule has 1 aliphatic carbocycles.